The van der Waals surface area contributed by atoms with E-state index < -0.39 is 0 Å². The van der Waals surface area contributed by atoms with E-state index in [0.29, 0.717) is 5.92 Å². The highest BCUT2D eigenvalue weighted by molar-refractivity contribution is 5.95. The predicted molar refractivity (Wildman–Crippen MR) is 81.8 cm³/mol. The summed E-state index contributed by atoms with van der Waals surface area (Å²) < 4.78 is 10.9. The van der Waals surface area contributed by atoms with Crippen molar-refractivity contribution in [3.63, 3.8) is 0 Å². The van der Waals surface area contributed by atoms with Gasteiger partial charge in [0.2, 0.25) is 6.79 Å². The van der Waals surface area contributed by atoms with E-state index in [1.807, 2.05) is 24.4 Å². The molecule has 4 rings (SSSR count). The molecule has 3 heterocycles. The lowest BCUT2D eigenvalue weighted by atomic mass is 9.80. The molecule has 0 bridgehead atoms. The second-order valence-corrected chi connectivity index (χ2v) is 6.31. The average molecular weight is 285 g/mol. The fraction of sp³-hybridized carbons (Fsp3) is 0.438. The number of nitrogens with two attached hydrogens (primary N) is 1. The van der Waals surface area contributed by atoms with Crippen molar-refractivity contribution < 1.29 is 9.47 Å². The molecule has 2 aromatic rings. The Kier molecular flexibility index (Phi) is 2.57. The topological polar surface area (TPSA) is 60.6 Å². The third-order valence-electron chi connectivity index (χ3n) is 4.66. The molecule has 2 aliphatic heterocycles. The number of hydrogen-bond acceptors (Lipinski definition) is 5. The van der Waals surface area contributed by atoms with Crippen LogP contribution in [0.25, 0.3) is 10.8 Å². The second-order valence-electron chi connectivity index (χ2n) is 6.31. The van der Waals surface area contributed by atoms with E-state index in [0.717, 1.165) is 41.2 Å². The predicted octanol–water partition coefficient (Wildman–Crippen LogP) is 2.14. The van der Waals surface area contributed by atoms with Gasteiger partial charge in [-0.3, -0.25) is 0 Å². The number of anilines is 1. The van der Waals surface area contributed by atoms with E-state index in [4.69, 9.17) is 15.2 Å². The van der Waals surface area contributed by atoms with Crippen LogP contribution in [-0.4, -0.2) is 30.4 Å². The smallest absolute Gasteiger partial charge is 0.231 e. The van der Waals surface area contributed by atoms with Gasteiger partial charge in [-0.2, -0.15) is 0 Å². The van der Waals surface area contributed by atoms with Crippen LogP contribution in [0.15, 0.2) is 24.4 Å². The fourth-order valence-electron chi connectivity index (χ4n) is 2.98. The minimum Gasteiger partial charge on any atom is -0.454 e. The Balaban J connectivity index is 1.74. The molecule has 0 atom stereocenters. The molecule has 0 radical (unpaired) electrons. The van der Waals surface area contributed by atoms with Gasteiger partial charge in [-0.15, -0.1) is 0 Å². The van der Waals surface area contributed by atoms with Crippen LogP contribution >= 0.6 is 0 Å². The molecule has 0 amide bonds. The highest BCUT2D eigenvalue weighted by atomic mass is 16.7. The largest absolute Gasteiger partial charge is 0.454 e. The SMILES string of the molecule is CC(C)C1(N)CN(c2nccc3cc4c(cc23)OCO4)C1. The van der Waals surface area contributed by atoms with E-state index >= 15 is 0 Å². The first-order valence-corrected chi connectivity index (χ1v) is 7.29. The van der Waals surface area contributed by atoms with Crippen LogP contribution in [0.4, 0.5) is 5.82 Å². The number of hydrogen-bond donors (Lipinski definition) is 1. The average Bonchev–Trinajstić information content (AvgIpc) is 2.87. The number of nitrogens with zero attached hydrogens (tertiary/aromatic N) is 2. The molecule has 0 aliphatic carbocycles. The van der Waals surface area contributed by atoms with Gasteiger partial charge in [-0.05, 0) is 29.5 Å². The van der Waals surface area contributed by atoms with Gasteiger partial charge in [0.15, 0.2) is 11.5 Å². The van der Waals surface area contributed by atoms with Crippen molar-refractivity contribution in [1.29, 1.82) is 0 Å². The van der Waals surface area contributed by atoms with Crippen LogP contribution in [0.2, 0.25) is 0 Å². The Morgan fingerprint density at radius 1 is 1.24 bits per heavy atom. The maximum atomic E-state index is 6.39. The van der Waals surface area contributed by atoms with Crippen molar-refractivity contribution in [2.75, 3.05) is 24.8 Å². The summed E-state index contributed by atoms with van der Waals surface area (Å²) in [6.07, 6.45) is 1.84. The monoisotopic (exact) mass is 285 g/mol. The van der Waals surface area contributed by atoms with Gasteiger partial charge in [-0.25, -0.2) is 4.98 Å². The van der Waals surface area contributed by atoms with Crippen molar-refractivity contribution in [3.05, 3.63) is 24.4 Å². The molecule has 0 unspecified atom stereocenters. The highest BCUT2D eigenvalue weighted by Crippen LogP contribution is 2.40. The van der Waals surface area contributed by atoms with Crippen LogP contribution in [0.1, 0.15) is 13.8 Å². The Morgan fingerprint density at radius 3 is 2.67 bits per heavy atom. The fourth-order valence-corrected chi connectivity index (χ4v) is 2.98. The maximum Gasteiger partial charge on any atom is 0.231 e. The van der Waals surface area contributed by atoms with Crippen molar-refractivity contribution in [1.82, 2.24) is 4.98 Å². The van der Waals surface area contributed by atoms with Crippen LogP contribution in [0, 0.1) is 5.92 Å². The lowest BCUT2D eigenvalue weighted by molar-refractivity contribution is 0.174. The van der Waals surface area contributed by atoms with E-state index in [9.17, 15) is 0 Å². The molecule has 2 N–H and O–H groups in total. The Labute approximate surface area is 123 Å². The summed E-state index contributed by atoms with van der Waals surface area (Å²) in [7, 11) is 0. The van der Waals surface area contributed by atoms with Gasteiger partial charge >= 0.3 is 0 Å². The zero-order valence-corrected chi connectivity index (χ0v) is 12.3. The van der Waals surface area contributed by atoms with E-state index in [1.165, 1.54) is 0 Å². The summed E-state index contributed by atoms with van der Waals surface area (Å²) in [4.78, 5) is 6.79. The third-order valence-corrected chi connectivity index (χ3v) is 4.66. The van der Waals surface area contributed by atoms with Crippen molar-refractivity contribution >= 4 is 16.6 Å². The van der Waals surface area contributed by atoms with Crippen molar-refractivity contribution in [3.8, 4) is 11.5 Å². The lowest BCUT2D eigenvalue weighted by Crippen LogP contribution is -2.70. The molecular formula is C16H19N3O2. The summed E-state index contributed by atoms with van der Waals surface area (Å²) in [6, 6.07) is 6.03. The molecule has 1 aromatic heterocycles. The van der Waals surface area contributed by atoms with Crippen molar-refractivity contribution in [2.45, 2.75) is 19.4 Å². The summed E-state index contributed by atoms with van der Waals surface area (Å²) in [5, 5.41) is 2.20. The molecule has 1 saturated heterocycles. The van der Waals surface area contributed by atoms with Crippen LogP contribution < -0.4 is 20.1 Å². The summed E-state index contributed by atoms with van der Waals surface area (Å²) in [5.74, 6) is 3.04. The standard InChI is InChI=1S/C16H19N3O2/c1-10(2)16(17)7-19(8-16)15-12-6-14-13(20-9-21-14)5-11(12)3-4-18-15/h3-6,10H,7-9,17H2,1-2H3. The number of pyridine rings is 1. The van der Waals surface area contributed by atoms with Gasteiger partial charge in [0.1, 0.15) is 5.82 Å². The first-order chi connectivity index (χ1) is 10.1. The minimum absolute atomic E-state index is 0.111. The van der Waals surface area contributed by atoms with Gasteiger partial charge in [-0.1, -0.05) is 13.8 Å². The summed E-state index contributed by atoms with van der Waals surface area (Å²) >= 11 is 0. The first-order valence-electron chi connectivity index (χ1n) is 7.29. The Hall–Kier alpha value is -2.01. The molecule has 1 aromatic carbocycles. The quantitative estimate of drug-likeness (QED) is 0.916. The zero-order chi connectivity index (χ0) is 14.6. The van der Waals surface area contributed by atoms with Gasteiger partial charge in [0, 0.05) is 24.7 Å². The Bertz CT molecular complexity index is 708. The zero-order valence-electron chi connectivity index (χ0n) is 12.3. The van der Waals surface area contributed by atoms with Crippen molar-refractivity contribution in [2.24, 2.45) is 11.7 Å². The summed E-state index contributed by atoms with van der Waals surface area (Å²) in [5.41, 5.74) is 6.28. The van der Waals surface area contributed by atoms with Gasteiger partial charge in [0.05, 0.1) is 5.54 Å². The molecule has 21 heavy (non-hydrogen) atoms. The number of ether oxygens (including phenoxy) is 2. The summed E-state index contributed by atoms with van der Waals surface area (Å²) in [6.45, 7) is 6.31. The molecule has 1 fully saturated rings. The van der Waals surface area contributed by atoms with Crippen LogP contribution in [-0.2, 0) is 0 Å². The Morgan fingerprint density at radius 2 is 1.95 bits per heavy atom. The number of benzene rings is 1. The second kappa shape index (κ2) is 4.24. The van der Waals surface area contributed by atoms with E-state index in [2.05, 4.69) is 23.7 Å². The molecule has 110 valence electrons. The maximum absolute atomic E-state index is 6.39. The number of aromatic nitrogens is 1. The van der Waals surface area contributed by atoms with Gasteiger partial charge in [0.25, 0.3) is 0 Å². The first kappa shape index (κ1) is 12.7. The molecule has 5 nitrogen and oxygen atoms in total. The molecule has 5 heteroatoms. The third kappa shape index (κ3) is 1.84. The molecule has 0 spiro atoms. The van der Waals surface area contributed by atoms with E-state index in [1.54, 1.807) is 0 Å². The van der Waals surface area contributed by atoms with Gasteiger partial charge < -0.3 is 20.1 Å². The molecular weight excluding hydrogens is 266 g/mol. The number of rotatable bonds is 2. The number of fused-ring (bicyclic) bond motifs is 2. The lowest BCUT2D eigenvalue weighted by Gasteiger charge is -2.51. The molecule has 2 aliphatic rings. The van der Waals surface area contributed by atoms with Crippen LogP contribution in [0.5, 0.6) is 11.5 Å². The highest BCUT2D eigenvalue weighted by Gasteiger charge is 2.43. The van der Waals surface area contributed by atoms with E-state index in [-0.39, 0.29) is 12.3 Å². The molecule has 0 saturated carbocycles. The normalized spacial score (nSPS) is 19.1. The van der Waals surface area contributed by atoms with Crippen LogP contribution in [0.3, 0.4) is 0 Å². The minimum atomic E-state index is -0.111.